The molecule has 4 nitrogen and oxygen atoms in total. The van der Waals surface area contributed by atoms with Gasteiger partial charge in [-0.05, 0) is 47.9 Å². The Balaban J connectivity index is 1.49. The minimum absolute atomic E-state index is 0.297. The first-order chi connectivity index (χ1) is 15.5. The molecule has 0 fully saturated rings. The van der Waals surface area contributed by atoms with E-state index >= 15 is 0 Å². The van der Waals surface area contributed by atoms with E-state index in [4.69, 9.17) is 32.4 Å². The van der Waals surface area contributed by atoms with Gasteiger partial charge in [0.2, 0.25) is 0 Å². The molecule has 1 aliphatic heterocycles. The molecular formula is C26H21Cl2NO3. The summed E-state index contributed by atoms with van der Waals surface area (Å²) in [6.07, 6.45) is 0.544. The minimum atomic E-state index is -0.297. The SMILES string of the molecule is Cc1c(Cc2ccccc2)c(=O)oc2c3c(ccc12)OCN(Cc1ccc(Cl)c(Cl)c1)C3. The Bertz CT molecular complexity index is 1370. The molecule has 0 radical (unpaired) electrons. The standard InChI is InChI=1S/C26H21Cl2NO3/c1-16-19-8-10-24-21(14-29(15-31-24)13-18-7-9-22(27)23(28)12-18)25(19)32-26(30)20(16)11-17-5-3-2-4-6-17/h2-10,12H,11,13-15H2,1H3. The van der Waals surface area contributed by atoms with Gasteiger partial charge in [-0.2, -0.15) is 0 Å². The van der Waals surface area contributed by atoms with E-state index in [-0.39, 0.29) is 5.63 Å². The smallest absolute Gasteiger partial charge is 0.340 e. The van der Waals surface area contributed by atoms with Gasteiger partial charge < -0.3 is 9.15 Å². The van der Waals surface area contributed by atoms with Gasteiger partial charge in [0, 0.05) is 30.5 Å². The highest BCUT2D eigenvalue weighted by molar-refractivity contribution is 6.42. The molecule has 4 aromatic rings. The Hall–Kier alpha value is -2.79. The topological polar surface area (TPSA) is 42.7 Å². The Morgan fingerprint density at radius 3 is 2.56 bits per heavy atom. The molecule has 6 heteroatoms. The highest BCUT2D eigenvalue weighted by atomic mass is 35.5. The van der Waals surface area contributed by atoms with Crippen LogP contribution in [0.5, 0.6) is 5.75 Å². The van der Waals surface area contributed by atoms with Gasteiger partial charge >= 0.3 is 5.63 Å². The second kappa shape index (κ2) is 8.62. The Labute approximate surface area is 195 Å². The van der Waals surface area contributed by atoms with Crippen molar-refractivity contribution in [1.82, 2.24) is 4.90 Å². The molecule has 0 atom stereocenters. The molecule has 5 rings (SSSR count). The number of fused-ring (bicyclic) bond motifs is 3. The van der Waals surface area contributed by atoms with E-state index in [1.54, 1.807) is 6.07 Å². The van der Waals surface area contributed by atoms with Crippen LogP contribution in [0.1, 0.15) is 27.8 Å². The molecule has 162 valence electrons. The van der Waals surface area contributed by atoms with Crippen LogP contribution < -0.4 is 10.4 Å². The fraction of sp³-hybridized carbons (Fsp3) is 0.192. The quantitative estimate of drug-likeness (QED) is 0.329. The summed E-state index contributed by atoms with van der Waals surface area (Å²) in [4.78, 5) is 15.1. The van der Waals surface area contributed by atoms with Gasteiger partial charge in [-0.15, -0.1) is 0 Å². The third kappa shape index (κ3) is 4.02. The van der Waals surface area contributed by atoms with Crippen molar-refractivity contribution in [3.05, 3.63) is 109 Å². The highest BCUT2D eigenvalue weighted by Crippen LogP contribution is 2.34. The molecule has 0 amide bonds. The van der Waals surface area contributed by atoms with Crippen LogP contribution in [0.2, 0.25) is 10.0 Å². The fourth-order valence-corrected chi connectivity index (χ4v) is 4.53. The van der Waals surface area contributed by atoms with Gasteiger partial charge in [0.1, 0.15) is 18.1 Å². The third-order valence-electron chi connectivity index (χ3n) is 5.91. The van der Waals surface area contributed by atoms with E-state index in [0.717, 1.165) is 33.4 Å². The summed E-state index contributed by atoms with van der Waals surface area (Å²) in [5.41, 5.74) is 4.94. The van der Waals surface area contributed by atoms with Crippen LogP contribution in [0.4, 0.5) is 0 Å². The molecule has 2 heterocycles. The first kappa shape index (κ1) is 21.1. The number of nitrogens with zero attached hydrogens (tertiary/aromatic N) is 1. The van der Waals surface area contributed by atoms with Gasteiger partial charge in [-0.1, -0.05) is 59.6 Å². The van der Waals surface area contributed by atoms with Crippen LogP contribution in [-0.2, 0) is 19.5 Å². The second-order valence-corrected chi connectivity index (χ2v) is 8.90. The van der Waals surface area contributed by atoms with Crippen LogP contribution in [0, 0.1) is 6.92 Å². The average molecular weight is 466 g/mol. The maximum Gasteiger partial charge on any atom is 0.340 e. The lowest BCUT2D eigenvalue weighted by Crippen LogP contribution is -2.31. The van der Waals surface area contributed by atoms with Crippen molar-refractivity contribution in [2.24, 2.45) is 0 Å². The highest BCUT2D eigenvalue weighted by Gasteiger charge is 2.23. The number of hydrogen-bond acceptors (Lipinski definition) is 4. The first-order valence-electron chi connectivity index (χ1n) is 10.4. The van der Waals surface area contributed by atoms with Crippen molar-refractivity contribution in [3.8, 4) is 5.75 Å². The summed E-state index contributed by atoms with van der Waals surface area (Å²) in [5.74, 6) is 0.751. The molecule has 0 saturated carbocycles. The van der Waals surface area contributed by atoms with Crippen molar-refractivity contribution in [2.75, 3.05) is 6.73 Å². The molecule has 0 bridgehead atoms. The largest absolute Gasteiger partial charge is 0.478 e. The van der Waals surface area contributed by atoms with Gasteiger partial charge in [0.15, 0.2) is 0 Å². The van der Waals surface area contributed by atoms with Crippen LogP contribution in [-0.4, -0.2) is 11.6 Å². The van der Waals surface area contributed by atoms with Gasteiger partial charge in [-0.25, -0.2) is 4.79 Å². The van der Waals surface area contributed by atoms with Crippen LogP contribution in [0.25, 0.3) is 11.0 Å². The number of halogens is 2. The van der Waals surface area contributed by atoms with Crippen LogP contribution in [0.3, 0.4) is 0 Å². The summed E-state index contributed by atoms with van der Waals surface area (Å²) in [6, 6.07) is 19.5. The molecule has 0 saturated heterocycles. The lowest BCUT2D eigenvalue weighted by atomic mass is 9.97. The van der Waals surface area contributed by atoms with Crippen molar-refractivity contribution < 1.29 is 9.15 Å². The molecule has 0 aliphatic carbocycles. The molecule has 32 heavy (non-hydrogen) atoms. The lowest BCUT2D eigenvalue weighted by Gasteiger charge is -2.29. The Morgan fingerprint density at radius 1 is 0.969 bits per heavy atom. The van der Waals surface area contributed by atoms with E-state index in [2.05, 4.69) is 4.90 Å². The molecular weight excluding hydrogens is 445 g/mol. The predicted molar refractivity (Wildman–Crippen MR) is 128 cm³/mol. The van der Waals surface area contributed by atoms with E-state index < -0.39 is 0 Å². The first-order valence-corrected chi connectivity index (χ1v) is 11.2. The normalized spacial score (nSPS) is 13.7. The van der Waals surface area contributed by atoms with Gasteiger partial charge in [0.25, 0.3) is 0 Å². The molecule has 0 unspecified atom stereocenters. The number of ether oxygens (including phenoxy) is 1. The monoisotopic (exact) mass is 465 g/mol. The molecule has 3 aromatic carbocycles. The average Bonchev–Trinajstić information content (AvgIpc) is 2.80. The van der Waals surface area contributed by atoms with E-state index in [9.17, 15) is 4.79 Å². The Kier molecular flexibility index (Phi) is 5.68. The second-order valence-electron chi connectivity index (χ2n) is 8.08. The third-order valence-corrected chi connectivity index (χ3v) is 6.65. The van der Waals surface area contributed by atoms with Crippen molar-refractivity contribution in [1.29, 1.82) is 0 Å². The molecule has 1 aromatic heterocycles. The van der Waals surface area contributed by atoms with Crippen LogP contribution in [0.15, 0.2) is 69.9 Å². The fourth-order valence-electron chi connectivity index (χ4n) is 4.21. The number of aryl methyl sites for hydroxylation is 1. The molecule has 0 N–H and O–H groups in total. The van der Waals surface area contributed by atoms with Crippen molar-refractivity contribution in [3.63, 3.8) is 0 Å². The van der Waals surface area contributed by atoms with E-state index in [1.165, 1.54) is 0 Å². The zero-order chi connectivity index (χ0) is 22.2. The van der Waals surface area contributed by atoms with Gasteiger partial charge in [0.05, 0.1) is 15.6 Å². The number of benzene rings is 3. The Morgan fingerprint density at radius 2 is 1.78 bits per heavy atom. The van der Waals surface area contributed by atoms with Crippen molar-refractivity contribution >= 4 is 34.2 Å². The lowest BCUT2D eigenvalue weighted by molar-refractivity contribution is 0.0889. The van der Waals surface area contributed by atoms with Gasteiger partial charge in [-0.3, -0.25) is 4.90 Å². The predicted octanol–water partition coefficient (Wildman–Crippen LogP) is 6.35. The zero-order valence-electron chi connectivity index (χ0n) is 17.5. The summed E-state index contributed by atoms with van der Waals surface area (Å²) < 4.78 is 11.9. The number of rotatable bonds is 4. The maximum absolute atomic E-state index is 12.9. The van der Waals surface area contributed by atoms with E-state index in [1.807, 2.05) is 61.5 Å². The summed E-state index contributed by atoms with van der Waals surface area (Å²) in [7, 11) is 0. The van der Waals surface area contributed by atoms with Crippen LogP contribution >= 0.6 is 23.2 Å². The summed E-state index contributed by atoms with van der Waals surface area (Å²) >= 11 is 12.2. The number of hydrogen-bond donors (Lipinski definition) is 0. The summed E-state index contributed by atoms with van der Waals surface area (Å²) in [6.45, 7) is 3.67. The minimum Gasteiger partial charge on any atom is -0.478 e. The maximum atomic E-state index is 12.9. The van der Waals surface area contributed by atoms with Crippen molar-refractivity contribution in [2.45, 2.75) is 26.4 Å². The summed E-state index contributed by atoms with van der Waals surface area (Å²) in [5, 5.41) is 2.00. The van der Waals surface area contributed by atoms with E-state index in [0.29, 0.717) is 47.4 Å². The zero-order valence-corrected chi connectivity index (χ0v) is 19.0. The molecule has 0 spiro atoms. The molecule has 1 aliphatic rings.